The molecule has 0 rings (SSSR count). The maximum absolute atomic E-state index is 12.9. The molecule has 366 valence electrons. The first-order valence-corrected chi connectivity index (χ1v) is 30.7. The average molecular weight is 899 g/mol. The van der Waals surface area contributed by atoms with E-state index in [0.717, 1.165) is 57.1 Å². The molecule has 0 aromatic rings. The van der Waals surface area contributed by atoms with E-state index in [-0.39, 0.29) is 0 Å². The van der Waals surface area contributed by atoms with Crippen LogP contribution in [-0.2, 0) is 18.1 Å². The third kappa shape index (κ3) is 45.0. The maximum Gasteiger partial charge on any atom is 0.501 e. The fourth-order valence-corrected chi connectivity index (χ4v) is 12.2. The molecule has 5 nitrogen and oxygen atoms in total. The van der Waals surface area contributed by atoms with Crippen LogP contribution < -0.4 is 5.32 Å². The maximum atomic E-state index is 12.9. The van der Waals surface area contributed by atoms with Crippen LogP contribution in [0.3, 0.4) is 0 Å². The number of nitrogens with one attached hydrogen (secondary N) is 1. The summed E-state index contributed by atoms with van der Waals surface area (Å²) >= 11 is 1.54. The molecule has 1 N–H and O–H groups in total. The standard InChI is InChI=1S/C54H111NO4SSi/c1-6-10-14-18-22-26-28-29-30-32-34-38-42-47-54(56)60-50-45-51-61(57-48-43-39-35-24-20-16-12-8-3,58-49-44-40-36-25-21-17-13-9-4)59-52-53(55-5)46-41-37-33-31-27-23-19-15-11-7-2/h53,55H,6-52H2,1-5H3. The lowest BCUT2D eigenvalue weighted by molar-refractivity contribution is -0.111. The van der Waals surface area contributed by atoms with E-state index in [2.05, 4.69) is 40.1 Å². The van der Waals surface area contributed by atoms with Crippen molar-refractivity contribution in [2.75, 3.05) is 32.6 Å². The first-order chi connectivity index (χ1) is 30.1. The Hall–Kier alpha value is 0.0769. The van der Waals surface area contributed by atoms with Crippen LogP contribution in [0.4, 0.5) is 0 Å². The van der Waals surface area contributed by atoms with Gasteiger partial charge in [0, 0.05) is 37.5 Å². The van der Waals surface area contributed by atoms with Crippen molar-refractivity contribution in [1.29, 1.82) is 0 Å². The minimum absolute atomic E-state index is 0.315. The number of rotatable bonds is 53. The largest absolute Gasteiger partial charge is 0.501 e. The second kappa shape index (κ2) is 51.1. The van der Waals surface area contributed by atoms with Crippen LogP contribution in [0.5, 0.6) is 0 Å². The Morgan fingerprint density at radius 3 is 1.11 bits per heavy atom. The van der Waals surface area contributed by atoms with Crippen molar-refractivity contribution in [2.24, 2.45) is 0 Å². The van der Waals surface area contributed by atoms with E-state index in [1.54, 1.807) is 11.8 Å². The van der Waals surface area contributed by atoms with Gasteiger partial charge in [0.2, 0.25) is 0 Å². The molecule has 0 radical (unpaired) electrons. The molecule has 0 saturated carbocycles. The molecule has 0 aromatic heterocycles. The predicted octanol–water partition coefficient (Wildman–Crippen LogP) is 18.3. The van der Waals surface area contributed by atoms with Crippen molar-refractivity contribution < 1.29 is 18.1 Å². The van der Waals surface area contributed by atoms with Gasteiger partial charge in [-0.15, -0.1) is 0 Å². The van der Waals surface area contributed by atoms with Crippen LogP contribution >= 0.6 is 11.8 Å². The van der Waals surface area contributed by atoms with E-state index in [1.807, 2.05) is 0 Å². The summed E-state index contributed by atoms with van der Waals surface area (Å²) in [7, 11) is -0.830. The number of hydrogen-bond donors (Lipinski definition) is 1. The molecule has 7 heteroatoms. The van der Waals surface area contributed by atoms with Gasteiger partial charge in [-0.2, -0.15) is 0 Å². The summed E-state index contributed by atoms with van der Waals surface area (Å²) in [6, 6.07) is 1.13. The third-order valence-electron chi connectivity index (χ3n) is 12.8. The lowest BCUT2D eigenvalue weighted by Crippen LogP contribution is -2.49. The quantitative estimate of drug-likeness (QED) is 0.0485. The zero-order chi connectivity index (χ0) is 44.4. The number of thioether (sulfide) groups is 1. The summed E-state index contributed by atoms with van der Waals surface area (Å²) in [5.74, 6) is 0.839. The topological polar surface area (TPSA) is 56.8 Å². The molecule has 0 heterocycles. The van der Waals surface area contributed by atoms with E-state index in [9.17, 15) is 4.79 Å². The summed E-state index contributed by atoms with van der Waals surface area (Å²) in [4.78, 5) is 12.9. The Balaban J connectivity index is 5.08. The van der Waals surface area contributed by atoms with Crippen LogP contribution in [0.1, 0.15) is 297 Å². The second-order valence-corrected chi connectivity index (χ2v) is 22.8. The highest BCUT2D eigenvalue weighted by Gasteiger charge is 2.41. The van der Waals surface area contributed by atoms with Crippen molar-refractivity contribution in [1.82, 2.24) is 5.32 Å². The van der Waals surface area contributed by atoms with Gasteiger partial charge in [-0.25, -0.2) is 0 Å². The lowest BCUT2D eigenvalue weighted by atomic mass is 10.0. The van der Waals surface area contributed by atoms with Gasteiger partial charge >= 0.3 is 8.80 Å². The van der Waals surface area contributed by atoms with Crippen molar-refractivity contribution in [3.63, 3.8) is 0 Å². The molecule has 0 fully saturated rings. The van der Waals surface area contributed by atoms with Gasteiger partial charge in [0.25, 0.3) is 0 Å². The molecule has 0 aliphatic heterocycles. The zero-order valence-corrected chi connectivity index (χ0v) is 44.2. The summed E-state index contributed by atoms with van der Waals surface area (Å²) < 4.78 is 20.7. The fraction of sp³-hybridized carbons (Fsp3) is 0.981. The molecule has 1 unspecified atom stereocenters. The average Bonchev–Trinajstić information content (AvgIpc) is 3.27. The highest BCUT2D eigenvalue weighted by molar-refractivity contribution is 8.13. The number of carbonyl (C=O) groups excluding carboxylic acids is 1. The Kier molecular flexibility index (Phi) is 51.1. The predicted molar refractivity (Wildman–Crippen MR) is 275 cm³/mol. The summed E-state index contributed by atoms with van der Waals surface area (Å²) in [5, 5.41) is 3.95. The minimum atomic E-state index is -2.92. The van der Waals surface area contributed by atoms with Gasteiger partial charge in [0.05, 0.1) is 6.61 Å². The van der Waals surface area contributed by atoms with Crippen LogP contribution in [0, 0.1) is 0 Å². The van der Waals surface area contributed by atoms with Gasteiger partial charge in [0.15, 0.2) is 5.12 Å². The van der Waals surface area contributed by atoms with Gasteiger partial charge in [0.1, 0.15) is 0 Å². The molecule has 0 spiro atoms. The van der Waals surface area contributed by atoms with E-state index in [4.69, 9.17) is 13.3 Å². The lowest BCUT2D eigenvalue weighted by Gasteiger charge is -2.32. The Bertz CT molecular complexity index is 828. The first kappa shape index (κ1) is 61.1. The first-order valence-electron chi connectivity index (χ1n) is 27.8. The smallest absolute Gasteiger partial charge is 0.373 e. The molecule has 0 saturated heterocycles. The number of likely N-dealkylation sites (N-methyl/N-ethyl adjacent to an activating group) is 1. The summed E-state index contributed by atoms with van der Waals surface area (Å²) in [6.45, 7) is 11.3. The van der Waals surface area contributed by atoms with E-state index >= 15 is 0 Å². The van der Waals surface area contributed by atoms with Gasteiger partial charge in [-0.3, -0.25) is 4.79 Å². The van der Waals surface area contributed by atoms with E-state index < -0.39 is 8.80 Å². The zero-order valence-electron chi connectivity index (χ0n) is 42.4. The minimum Gasteiger partial charge on any atom is -0.373 e. The highest BCUT2D eigenvalue weighted by Crippen LogP contribution is 2.24. The van der Waals surface area contributed by atoms with Gasteiger partial charge < -0.3 is 18.6 Å². The van der Waals surface area contributed by atoms with Crippen LogP contribution in [-0.4, -0.2) is 52.6 Å². The van der Waals surface area contributed by atoms with Gasteiger partial charge in [-0.1, -0.05) is 271 Å². The second-order valence-electron chi connectivity index (χ2n) is 18.9. The fourth-order valence-electron chi connectivity index (χ4n) is 8.52. The van der Waals surface area contributed by atoms with Gasteiger partial charge in [-0.05, 0) is 39.2 Å². The Labute approximate surface area is 389 Å². The normalized spacial score (nSPS) is 12.5. The van der Waals surface area contributed by atoms with Crippen molar-refractivity contribution in [3.8, 4) is 0 Å². The molecular formula is C54H111NO4SSi. The van der Waals surface area contributed by atoms with E-state index in [0.29, 0.717) is 24.2 Å². The number of hydrogen-bond acceptors (Lipinski definition) is 6. The third-order valence-corrected chi connectivity index (χ3v) is 16.7. The van der Waals surface area contributed by atoms with Crippen LogP contribution in [0.2, 0.25) is 6.04 Å². The molecular weight excluding hydrogens is 787 g/mol. The Morgan fingerprint density at radius 2 is 0.754 bits per heavy atom. The number of carbonyl (C=O) groups is 1. The number of unbranched alkanes of at least 4 members (excludes halogenated alkanes) is 35. The Morgan fingerprint density at radius 1 is 0.426 bits per heavy atom. The van der Waals surface area contributed by atoms with Crippen LogP contribution in [0.15, 0.2) is 0 Å². The van der Waals surface area contributed by atoms with Crippen molar-refractivity contribution >= 4 is 25.7 Å². The summed E-state index contributed by atoms with van der Waals surface area (Å²) in [6.07, 6.45) is 54.4. The van der Waals surface area contributed by atoms with Crippen molar-refractivity contribution in [2.45, 2.75) is 309 Å². The van der Waals surface area contributed by atoms with Crippen LogP contribution in [0.25, 0.3) is 0 Å². The molecule has 0 aromatic carbocycles. The summed E-state index contributed by atoms with van der Waals surface area (Å²) in [5.41, 5.74) is 0. The molecule has 61 heavy (non-hydrogen) atoms. The highest BCUT2D eigenvalue weighted by atomic mass is 32.2. The monoisotopic (exact) mass is 898 g/mol. The molecule has 0 bridgehead atoms. The molecule has 0 amide bonds. The molecule has 0 aliphatic carbocycles. The van der Waals surface area contributed by atoms with Crippen molar-refractivity contribution in [3.05, 3.63) is 0 Å². The molecule has 1 atom stereocenters. The van der Waals surface area contributed by atoms with E-state index in [1.165, 1.54) is 231 Å². The molecule has 0 aliphatic rings. The SMILES string of the molecule is CCCCCCCCCCCCCCCC(=O)SCCC[Si](OCCCCCCCCCC)(OCCCCCCCCCC)OCC(CCCCCCCCCCCC)NC.